The van der Waals surface area contributed by atoms with Gasteiger partial charge < -0.3 is 30.3 Å². The third kappa shape index (κ3) is 8.65. The SMILES string of the molecule is C1CNCCN1.COc1cc(Br)cc(F)c1F.COc1cc(N2CCNCC2)cc(F)c1F. The van der Waals surface area contributed by atoms with Crippen molar-refractivity contribution in [3.8, 4) is 11.5 Å². The van der Waals surface area contributed by atoms with Crippen LogP contribution in [0.25, 0.3) is 0 Å². The van der Waals surface area contributed by atoms with Crippen molar-refractivity contribution in [1.29, 1.82) is 0 Å². The van der Waals surface area contributed by atoms with Crippen molar-refractivity contribution >= 4 is 21.6 Å². The van der Waals surface area contributed by atoms with E-state index in [4.69, 9.17) is 4.74 Å². The van der Waals surface area contributed by atoms with E-state index in [1.54, 1.807) is 0 Å². The largest absolute Gasteiger partial charge is 0.494 e. The highest BCUT2D eigenvalue weighted by atomic mass is 79.9. The zero-order valence-corrected chi connectivity index (χ0v) is 20.2. The Balaban J connectivity index is 0.000000195. The van der Waals surface area contributed by atoms with Gasteiger partial charge in [-0.05, 0) is 12.1 Å². The van der Waals surface area contributed by atoms with Crippen LogP contribution in [0.15, 0.2) is 28.7 Å². The van der Waals surface area contributed by atoms with Crippen LogP contribution < -0.4 is 30.3 Å². The highest BCUT2D eigenvalue weighted by Crippen LogP contribution is 2.27. The summed E-state index contributed by atoms with van der Waals surface area (Å²) in [5.74, 6) is -3.83. The van der Waals surface area contributed by atoms with Gasteiger partial charge in [0.25, 0.3) is 0 Å². The van der Waals surface area contributed by atoms with Crippen LogP contribution in [0.3, 0.4) is 0 Å². The number of nitrogens with zero attached hydrogens (tertiary/aromatic N) is 1. The summed E-state index contributed by atoms with van der Waals surface area (Å²) in [6.45, 7) is 7.82. The van der Waals surface area contributed by atoms with Crippen molar-refractivity contribution in [3.05, 3.63) is 52.0 Å². The molecule has 6 nitrogen and oxygen atoms in total. The Kier molecular flexibility index (Phi) is 11.7. The minimum Gasteiger partial charge on any atom is -0.494 e. The predicted octanol–water partition coefficient (Wildman–Crippen LogP) is 3.30. The summed E-state index contributed by atoms with van der Waals surface area (Å²) in [4.78, 5) is 2.00. The van der Waals surface area contributed by atoms with Crippen molar-refractivity contribution in [2.24, 2.45) is 0 Å². The molecule has 2 heterocycles. The van der Waals surface area contributed by atoms with Crippen LogP contribution in [0.1, 0.15) is 0 Å². The van der Waals surface area contributed by atoms with Crippen molar-refractivity contribution < 1.29 is 27.0 Å². The molecule has 0 unspecified atom stereocenters. The highest BCUT2D eigenvalue weighted by molar-refractivity contribution is 9.10. The first-order chi connectivity index (χ1) is 15.9. The van der Waals surface area contributed by atoms with Gasteiger partial charge in [0.1, 0.15) is 0 Å². The minimum absolute atomic E-state index is 0.0477. The molecular formula is C22H29BrF4N4O2. The van der Waals surface area contributed by atoms with Gasteiger partial charge in [-0.3, -0.25) is 0 Å². The van der Waals surface area contributed by atoms with Crippen LogP contribution in [-0.2, 0) is 0 Å². The third-order valence-electron chi connectivity index (χ3n) is 4.82. The van der Waals surface area contributed by atoms with E-state index in [-0.39, 0.29) is 11.5 Å². The molecule has 184 valence electrons. The summed E-state index contributed by atoms with van der Waals surface area (Å²) in [6, 6.07) is 5.14. The van der Waals surface area contributed by atoms with Gasteiger partial charge in [-0.1, -0.05) is 15.9 Å². The lowest BCUT2D eigenvalue weighted by Gasteiger charge is -2.29. The summed E-state index contributed by atoms with van der Waals surface area (Å²) in [5, 5.41) is 9.64. The van der Waals surface area contributed by atoms with Crippen molar-refractivity contribution in [3.63, 3.8) is 0 Å². The Bertz CT molecular complexity index is 870. The van der Waals surface area contributed by atoms with Gasteiger partial charge in [-0.15, -0.1) is 0 Å². The molecule has 33 heavy (non-hydrogen) atoms. The van der Waals surface area contributed by atoms with Gasteiger partial charge in [-0.25, -0.2) is 8.78 Å². The average molecular weight is 537 g/mol. The Morgan fingerprint density at radius 1 is 0.697 bits per heavy atom. The summed E-state index contributed by atoms with van der Waals surface area (Å²) < 4.78 is 61.5. The average Bonchev–Trinajstić information content (AvgIpc) is 2.85. The van der Waals surface area contributed by atoms with E-state index in [0.29, 0.717) is 10.2 Å². The molecule has 11 heteroatoms. The standard InChI is InChI=1S/C11H14F2N2O.C7H5BrF2O.C4H10N2/c1-16-10-7-8(6-9(12)11(10)13)15-4-2-14-3-5-15;1-11-6-3-4(8)2-5(9)7(6)10;1-2-6-4-3-5-1/h6-7,14H,2-5H2,1H3;2-3H,1H3;5-6H,1-4H2. The molecule has 0 saturated carbocycles. The second-order valence-corrected chi connectivity index (χ2v) is 8.00. The van der Waals surface area contributed by atoms with E-state index in [9.17, 15) is 17.6 Å². The van der Waals surface area contributed by atoms with Gasteiger partial charge in [-0.2, -0.15) is 8.78 Å². The first-order valence-electron chi connectivity index (χ1n) is 10.5. The normalized spacial score (nSPS) is 15.5. The van der Waals surface area contributed by atoms with Gasteiger partial charge in [0.05, 0.1) is 14.2 Å². The number of ether oxygens (including phenoxy) is 2. The van der Waals surface area contributed by atoms with Crippen LogP contribution in [0.5, 0.6) is 11.5 Å². The lowest BCUT2D eigenvalue weighted by atomic mass is 10.2. The number of hydrogen-bond donors (Lipinski definition) is 3. The van der Waals surface area contributed by atoms with Crippen molar-refractivity contribution in [2.45, 2.75) is 0 Å². The van der Waals surface area contributed by atoms with E-state index in [1.807, 2.05) is 4.90 Å². The molecule has 2 saturated heterocycles. The molecule has 0 aliphatic carbocycles. The van der Waals surface area contributed by atoms with E-state index in [0.717, 1.165) is 58.4 Å². The molecule has 3 N–H and O–H groups in total. The number of benzene rings is 2. The molecule has 4 rings (SSSR count). The molecule has 0 radical (unpaired) electrons. The van der Waals surface area contributed by atoms with E-state index in [1.165, 1.54) is 32.4 Å². The Morgan fingerprint density at radius 2 is 1.15 bits per heavy atom. The molecule has 2 aliphatic rings. The quantitative estimate of drug-likeness (QED) is 0.413. The predicted molar refractivity (Wildman–Crippen MR) is 124 cm³/mol. The fourth-order valence-corrected chi connectivity index (χ4v) is 3.50. The lowest BCUT2D eigenvalue weighted by molar-refractivity contribution is 0.371. The van der Waals surface area contributed by atoms with Crippen LogP contribution >= 0.6 is 15.9 Å². The van der Waals surface area contributed by atoms with Crippen LogP contribution in [0.2, 0.25) is 0 Å². The molecule has 0 aromatic heterocycles. The molecule has 0 bridgehead atoms. The smallest absolute Gasteiger partial charge is 0.200 e. The molecule has 0 amide bonds. The van der Waals surface area contributed by atoms with Crippen molar-refractivity contribution in [2.75, 3.05) is 71.5 Å². The Morgan fingerprint density at radius 3 is 1.64 bits per heavy atom. The van der Waals surface area contributed by atoms with Crippen LogP contribution in [-0.4, -0.2) is 66.6 Å². The van der Waals surface area contributed by atoms with E-state index in [2.05, 4.69) is 36.6 Å². The fourth-order valence-electron chi connectivity index (χ4n) is 3.09. The topological polar surface area (TPSA) is 57.8 Å². The number of methoxy groups -OCH3 is 2. The van der Waals surface area contributed by atoms with Crippen LogP contribution in [0.4, 0.5) is 23.2 Å². The van der Waals surface area contributed by atoms with Gasteiger partial charge in [0.15, 0.2) is 23.1 Å². The summed E-state index contributed by atoms with van der Waals surface area (Å²) in [6.07, 6.45) is 0. The molecular weight excluding hydrogens is 508 g/mol. The molecule has 2 fully saturated rings. The third-order valence-corrected chi connectivity index (χ3v) is 5.28. The number of anilines is 1. The zero-order chi connectivity index (χ0) is 24.2. The molecule has 2 aliphatic heterocycles. The monoisotopic (exact) mass is 536 g/mol. The second kappa shape index (κ2) is 14.2. The molecule has 2 aromatic carbocycles. The fraction of sp³-hybridized carbons (Fsp3) is 0.455. The number of rotatable bonds is 3. The van der Waals surface area contributed by atoms with Gasteiger partial charge >= 0.3 is 0 Å². The first kappa shape index (κ1) is 27.2. The van der Waals surface area contributed by atoms with Gasteiger partial charge in [0.2, 0.25) is 11.6 Å². The Hall–Kier alpha value is -2.08. The van der Waals surface area contributed by atoms with Crippen LogP contribution in [0, 0.1) is 23.3 Å². The highest BCUT2D eigenvalue weighted by Gasteiger charge is 2.16. The maximum Gasteiger partial charge on any atom is 0.200 e. The van der Waals surface area contributed by atoms with E-state index < -0.39 is 23.3 Å². The number of piperazine rings is 2. The maximum atomic E-state index is 13.3. The maximum absolute atomic E-state index is 13.3. The Labute approximate surface area is 199 Å². The second-order valence-electron chi connectivity index (χ2n) is 7.08. The minimum atomic E-state index is -0.962. The zero-order valence-electron chi connectivity index (χ0n) is 18.6. The van der Waals surface area contributed by atoms with Crippen molar-refractivity contribution in [1.82, 2.24) is 16.0 Å². The number of hydrogen-bond acceptors (Lipinski definition) is 6. The summed E-state index contributed by atoms with van der Waals surface area (Å²) in [7, 11) is 2.61. The first-order valence-corrected chi connectivity index (χ1v) is 11.2. The van der Waals surface area contributed by atoms with E-state index >= 15 is 0 Å². The lowest BCUT2D eigenvalue weighted by Crippen LogP contribution is -2.43. The number of halogens is 5. The summed E-state index contributed by atoms with van der Waals surface area (Å²) >= 11 is 3.00. The molecule has 0 spiro atoms. The molecule has 2 aromatic rings. The summed E-state index contributed by atoms with van der Waals surface area (Å²) in [5.41, 5.74) is 0.664. The number of nitrogens with one attached hydrogen (secondary N) is 3. The van der Waals surface area contributed by atoms with Gasteiger partial charge in [0, 0.05) is 74.7 Å². The molecule has 0 atom stereocenters.